The highest BCUT2D eigenvalue weighted by Crippen LogP contribution is 2.27. The molecule has 0 bridgehead atoms. The minimum absolute atomic E-state index is 0.0499. The molecule has 1 aliphatic rings. The molecule has 1 aliphatic carbocycles. The van der Waals surface area contributed by atoms with Gasteiger partial charge in [-0.1, -0.05) is 32.1 Å². The molecule has 1 fully saturated rings. The summed E-state index contributed by atoms with van der Waals surface area (Å²) in [6, 6.07) is 2.95. The third-order valence-electron chi connectivity index (χ3n) is 3.78. The number of nitrogens with zero attached hydrogens (tertiary/aromatic N) is 1. The van der Waals surface area contributed by atoms with Gasteiger partial charge in [0, 0.05) is 12.6 Å². The fourth-order valence-corrected chi connectivity index (χ4v) is 2.61. The third-order valence-corrected chi connectivity index (χ3v) is 3.78. The number of rotatable bonds is 5. The highest BCUT2D eigenvalue weighted by Gasteiger charge is 2.15. The number of carbonyl (C=O) groups excluding carboxylic acids is 1. The maximum absolute atomic E-state index is 11.8. The minimum atomic E-state index is -1.02. The highest BCUT2D eigenvalue weighted by atomic mass is 16.4. The lowest BCUT2D eigenvalue weighted by molar-refractivity contribution is -0.116. The van der Waals surface area contributed by atoms with Gasteiger partial charge in [-0.05, 0) is 24.5 Å². The molecule has 0 aromatic carbocycles. The highest BCUT2D eigenvalue weighted by molar-refractivity contribution is 5.91. The topological polar surface area (TPSA) is 79.3 Å². The Morgan fingerprint density at radius 3 is 2.60 bits per heavy atom. The van der Waals surface area contributed by atoms with Crippen LogP contribution in [0.4, 0.5) is 5.82 Å². The molecule has 0 radical (unpaired) electrons. The van der Waals surface area contributed by atoms with Crippen molar-refractivity contribution in [3.05, 3.63) is 23.9 Å². The average Bonchev–Trinajstić information content (AvgIpc) is 2.47. The molecular weight excluding hydrogens is 256 g/mol. The van der Waals surface area contributed by atoms with Gasteiger partial charge >= 0.3 is 5.97 Å². The van der Waals surface area contributed by atoms with E-state index in [1.54, 1.807) is 0 Å². The smallest absolute Gasteiger partial charge is 0.337 e. The molecule has 5 nitrogen and oxygen atoms in total. The van der Waals surface area contributed by atoms with E-state index in [-0.39, 0.29) is 11.5 Å². The number of pyridine rings is 1. The van der Waals surface area contributed by atoms with Crippen LogP contribution in [0, 0.1) is 5.92 Å². The molecule has 0 aliphatic heterocycles. The number of carboxylic acids is 1. The first-order valence-corrected chi connectivity index (χ1v) is 7.14. The summed E-state index contributed by atoms with van der Waals surface area (Å²) in [4.78, 5) is 26.4. The van der Waals surface area contributed by atoms with Crippen LogP contribution >= 0.6 is 0 Å². The van der Waals surface area contributed by atoms with E-state index in [0.717, 1.165) is 6.42 Å². The number of carbonyl (C=O) groups is 2. The van der Waals surface area contributed by atoms with Crippen molar-refractivity contribution in [2.75, 3.05) is 5.32 Å². The number of aromatic carboxylic acids is 1. The van der Waals surface area contributed by atoms with E-state index in [1.165, 1.54) is 50.4 Å². The van der Waals surface area contributed by atoms with E-state index in [0.29, 0.717) is 18.2 Å². The zero-order valence-electron chi connectivity index (χ0n) is 11.5. The maximum atomic E-state index is 11.8. The Morgan fingerprint density at radius 2 is 2.00 bits per heavy atom. The standard InChI is InChI=1S/C15H20N2O3/c18-14(9-6-11-4-2-1-3-5-11)17-13-8-7-12(10-16-13)15(19)20/h7-8,10-11H,1-6,9H2,(H,19,20)(H,16,17,18). The molecule has 0 saturated heterocycles. The van der Waals surface area contributed by atoms with Crippen LogP contribution in [0.5, 0.6) is 0 Å². The van der Waals surface area contributed by atoms with Crippen molar-refractivity contribution in [1.29, 1.82) is 0 Å². The van der Waals surface area contributed by atoms with E-state index in [2.05, 4.69) is 10.3 Å². The molecule has 1 amide bonds. The molecule has 1 saturated carbocycles. The van der Waals surface area contributed by atoms with Gasteiger partial charge in [0.2, 0.25) is 5.91 Å². The molecule has 2 N–H and O–H groups in total. The van der Waals surface area contributed by atoms with Crippen LogP contribution in [0.3, 0.4) is 0 Å². The quantitative estimate of drug-likeness (QED) is 0.866. The van der Waals surface area contributed by atoms with Crippen LogP contribution < -0.4 is 5.32 Å². The predicted molar refractivity (Wildman–Crippen MR) is 75.6 cm³/mol. The van der Waals surface area contributed by atoms with E-state index in [4.69, 9.17) is 5.11 Å². The second-order valence-electron chi connectivity index (χ2n) is 5.33. The Morgan fingerprint density at radius 1 is 1.25 bits per heavy atom. The second-order valence-corrected chi connectivity index (χ2v) is 5.33. The number of hydrogen-bond donors (Lipinski definition) is 2. The van der Waals surface area contributed by atoms with Crippen LogP contribution in [0.25, 0.3) is 0 Å². The SMILES string of the molecule is O=C(CCC1CCCCC1)Nc1ccc(C(=O)O)cn1. The Balaban J connectivity index is 1.77. The van der Waals surface area contributed by atoms with Gasteiger partial charge in [-0.25, -0.2) is 9.78 Å². The van der Waals surface area contributed by atoms with Crippen molar-refractivity contribution >= 4 is 17.7 Å². The minimum Gasteiger partial charge on any atom is -0.478 e. The van der Waals surface area contributed by atoms with Gasteiger partial charge in [0.1, 0.15) is 5.82 Å². The lowest BCUT2D eigenvalue weighted by Crippen LogP contribution is -2.15. The van der Waals surface area contributed by atoms with Crippen LogP contribution in [-0.4, -0.2) is 22.0 Å². The summed E-state index contributed by atoms with van der Waals surface area (Å²) in [5, 5.41) is 11.5. The molecule has 108 valence electrons. The van der Waals surface area contributed by atoms with Gasteiger partial charge in [0.05, 0.1) is 5.56 Å². The zero-order chi connectivity index (χ0) is 14.4. The van der Waals surface area contributed by atoms with Gasteiger partial charge in [0.15, 0.2) is 0 Å². The summed E-state index contributed by atoms with van der Waals surface area (Å²) in [5.41, 5.74) is 0.116. The van der Waals surface area contributed by atoms with Gasteiger partial charge in [0.25, 0.3) is 0 Å². The van der Waals surface area contributed by atoms with Crippen molar-refractivity contribution in [3.63, 3.8) is 0 Å². The first kappa shape index (κ1) is 14.5. The summed E-state index contributed by atoms with van der Waals surface area (Å²) in [6.07, 6.45) is 9.04. The lowest BCUT2D eigenvalue weighted by Gasteiger charge is -2.20. The van der Waals surface area contributed by atoms with Crippen LogP contribution in [0.15, 0.2) is 18.3 Å². The average molecular weight is 276 g/mol. The number of nitrogens with one attached hydrogen (secondary N) is 1. The monoisotopic (exact) mass is 276 g/mol. The molecule has 1 heterocycles. The van der Waals surface area contributed by atoms with Gasteiger partial charge in [-0.3, -0.25) is 4.79 Å². The number of anilines is 1. The lowest BCUT2D eigenvalue weighted by atomic mass is 9.86. The number of carboxylic acid groups (broad SMARTS) is 1. The Hall–Kier alpha value is -1.91. The van der Waals surface area contributed by atoms with Gasteiger partial charge in [-0.15, -0.1) is 0 Å². The Labute approximate surface area is 118 Å². The fraction of sp³-hybridized carbons (Fsp3) is 0.533. The van der Waals surface area contributed by atoms with Crippen LogP contribution in [-0.2, 0) is 4.79 Å². The number of aromatic nitrogens is 1. The molecule has 5 heteroatoms. The van der Waals surface area contributed by atoms with Crippen LogP contribution in [0.2, 0.25) is 0 Å². The molecule has 0 atom stereocenters. The van der Waals surface area contributed by atoms with E-state index in [1.807, 2.05) is 0 Å². The van der Waals surface area contributed by atoms with Gasteiger partial charge < -0.3 is 10.4 Å². The maximum Gasteiger partial charge on any atom is 0.337 e. The number of hydrogen-bond acceptors (Lipinski definition) is 3. The van der Waals surface area contributed by atoms with Crippen molar-refractivity contribution in [3.8, 4) is 0 Å². The Bertz CT molecular complexity index is 465. The van der Waals surface area contributed by atoms with Crippen molar-refractivity contribution < 1.29 is 14.7 Å². The zero-order valence-corrected chi connectivity index (χ0v) is 11.5. The van der Waals surface area contributed by atoms with Crippen LogP contribution in [0.1, 0.15) is 55.3 Å². The summed E-state index contributed by atoms with van der Waals surface area (Å²) in [6.45, 7) is 0. The fourth-order valence-electron chi connectivity index (χ4n) is 2.61. The normalized spacial score (nSPS) is 15.8. The molecular formula is C15H20N2O3. The van der Waals surface area contributed by atoms with Crippen molar-refractivity contribution in [1.82, 2.24) is 4.98 Å². The molecule has 20 heavy (non-hydrogen) atoms. The van der Waals surface area contributed by atoms with Crippen molar-refractivity contribution in [2.24, 2.45) is 5.92 Å². The largest absolute Gasteiger partial charge is 0.478 e. The molecule has 1 aromatic rings. The van der Waals surface area contributed by atoms with E-state index in [9.17, 15) is 9.59 Å². The van der Waals surface area contributed by atoms with E-state index >= 15 is 0 Å². The predicted octanol–water partition coefficient (Wildman–Crippen LogP) is 3.08. The van der Waals surface area contributed by atoms with E-state index < -0.39 is 5.97 Å². The number of amides is 1. The molecule has 1 aromatic heterocycles. The Kier molecular flexibility index (Phi) is 5.09. The first-order chi connectivity index (χ1) is 9.65. The van der Waals surface area contributed by atoms with Gasteiger partial charge in [-0.2, -0.15) is 0 Å². The first-order valence-electron chi connectivity index (χ1n) is 7.14. The molecule has 2 rings (SSSR count). The summed E-state index contributed by atoms with van der Waals surface area (Å²) in [5.74, 6) is 0.0133. The summed E-state index contributed by atoms with van der Waals surface area (Å²) >= 11 is 0. The van der Waals surface area contributed by atoms with Crippen molar-refractivity contribution in [2.45, 2.75) is 44.9 Å². The molecule has 0 spiro atoms. The summed E-state index contributed by atoms with van der Waals surface area (Å²) < 4.78 is 0. The summed E-state index contributed by atoms with van der Waals surface area (Å²) in [7, 11) is 0. The molecule has 0 unspecified atom stereocenters. The second kappa shape index (κ2) is 7.03. The third kappa shape index (κ3) is 4.33.